The first kappa shape index (κ1) is 19.0. The Kier molecular flexibility index (Phi) is 5.49. The van der Waals surface area contributed by atoms with Gasteiger partial charge in [-0.05, 0) is 54.1 Å². The van der Waals surface area contributed by atoms with Gasteiger partial charge in [-0.25, -0.2) is 0 Å². The minimum absolute atomic E-state index is 0.0768. The number of hydrogen-bond acceptors (Lipinski definition) is 4. The van der Waals surface area contributed by atoms with Gasteiger partial charge >= 0.3 is 0 Å². The van der Waals surface area contributed by atoms with E-state index in [4.69, 9.17) is 0 Å². The summed E-state index contributed by atoms with van der Waals surface area (Å²) in [5.41, 5.74) is 5.81. The molecule has 0 unspecified atom stereocenters. The van der Waals surface area contributed by atoms with E-state index in [2.05, 4.69) is 102 Å². The third-order valence-corrected chi connectivity index (χ3v) is 5.19. The van der Waals surface area contributed by atoms with Crippen LogP contribution >= 0.6 is 0 Å². The largest absolute Gasteiger partial charge is 0.288 e. The molecule has 0 saturated heterocycles. The van der Waals surface area contributed by atoms with E-state index < -0.39 is 0 Å². The van der Waals surface area contributed by atoms with Gasteiger partial charge in [0, 0.05) is 6.54 Å². The van der Waals surface area contributed by atoms with Crippen molar-refractivity contribution in [1.82, 2.24) is 25.1 Å². The van der Waals surface area contributed by atoms with Crippen LogP contribution in [0.3, 0.4) is 0 Å². The number of aryl methyl sites for hydroxylation is 2. The number of aromatic nitrogens is 4. The number of rotatable bonds is 6. The zero-order valence-corrected chi connectivity index (χ0v) is 17.0. The first-order valence-corrected chi connectivity index (χ1v) is 9.78. The molecule has 4 rings (SSSR count). The van der Waals surface area contributed by atoms with Crippen molar-refractivity contribution in [1.29, 1.82) is 0 Å². The van der Waals surface area contributed by atoms with Crippen LogP contribution in [0.15, 0.2) is 78.9 Å². The van der Waals surface area contributed by atoms with Gasteiger partial charge in [-0.3, -0.25) is 4.90 Å². The van der Waals surface area contributed by atoms with Crippen LogP contribution in [0.1, 0.15) is 34.1 Å². The van der Waals surface area contributed by atoms with Gasteiger partial charge in [0.2, 0.25) is 0 Å². The first-order valence-electron chi connectivity index (χ1n) is 9.78. The molecule has 0 aliphatic rings. The van der Waals surface area contributed by atoms with E-state index in [1.807, 2.05) is 22.9 Å². The van der Waals surface area contributed by atoms with Gasteiger partial charge in [0.15, 0.2) is 5.82 Å². The second kappa shape index (κ2) is 8.37. The lowest BCUT2D eigenvalue weighted by molar-refractivity contribution is 0.258. The van der Waals surface area contributed by atoms with Crippen molar-refractivity contribution < 1.29 is 0 Å². The lowest BCUT2D eigenvalue weighted by Crippen LogP contribution is -2.28. The Morgan fingerprint density at radius 3 is 2.28 bits per heavy atom. The summed E-state index contributed by atoms with van der Waals surface area (Å²) in [5, 5.41) is 12.8. The smallest absolute Gasteiger partial charge is 0.178 e. The molecule has 0 saturated carbocycles. The van der Waals surface area contributed by atoms with E-state index in [-0.39, 0.29) is 6.04 Å². The Morgan fingerprint density at radius 2 is 1.55 bits per heavy atom. The second-order valence-electron chi connectivity index (χ2n) is 7.45. The fraction of sp³-hybridized carbons (Fsp3) is 0.208. The molecule has 146 valence electrons. The number of nitrogens with zero attached hydrogens (tertiary/aromatic N) is 5. The van der Waals surface area contributed by atoms with E-state index in [1.165, 1.54) is 11.1 Å². The maximum absolute atomic E-state index is 4.45. The van der Waals surface area contributed by atoms with Crippen LogP contribution in [0, 0.1) is 13.8 Å². The highest BCUT2D eigenvalue weighted by molar-refractivity contribution is 5.40. The molecule has 0 bridgehead atoms. The van der Waals surface area contributed by atoms with Crippen molar-refractivity contribution in [3.63, 3.8) is 0 Å². The van der Waals surface area contributed by atoms with Crippen LogP contribution in [0.4, 0.5) is 0 Å². The highest BCUT2D eigenvalue weighted by Crippen LogP contribution is 2.29. The molecule has 1 heterocycles. The molecule has 1 aromatic heterocycles. The molecule has 0 aliphatic carbocycles. The van der Waals surface area contributed by atoms with Crippen LogP contribution < -0.4 is 0 Å². The van der Waals surface area contributed by atoms with Crippen molar-refractivity contribution in [2.24, 2.45) is 0 Å². The van der Waals surface area contributed by atoms with Crippen LogP contribution in [-0.4, -0.2) is 32.2 Å². The third-order valence-electron chi connectivity index (χ3n) is 5.19. The molecule has 5 nitrogen and oxygen atoms in total. The van der Waals surface area contributed by atoms with E-state index in [0.29, 0.717) is 0 Å². The summed E-state index contributed by atoms with van der Waals surface area (Å²) >= 11 is 0. The molecule has 0 radical (unpaired) electrons. The Balaban J connectivity index is 1.76. The standard InChI is InChI=1S/C24H25N5/c1-18-13-15-20(16-14-18)17-28(3)23(21-10-5-4-6-11-21)24-25-26-27-29(24)22-12-8-7-9-19(22)2/h4-16,23H,17H2,1-3H3/t23-/m1/s1. The van der Waals surface area contributed by atoms with Gasteiger partial charge in [0.05, 0.1) is 11.7 Å². The van der Waals surface area contributed by atoms with Gasteiger partial charge in [0.25, 0.3) is 0 Å². The van der Waals surface area contributed by atoms with Crippen LogP contribution in [0.25, 0.3) is 5.69 Å². The van der Waals surface area contributed by atoms with Crippen LogP contribution in [0.2, 0.25) is 0 Å². The van der Waals surface area contributed by atoms with E-state index >= 15 is 0 Å². The lowest BCUT2D eigenvalue weighted by Gasteiger charge is -2.28. The zero-order chi connectivity index (χ0) is 20.2. The lowest BCUT2D eigenvalue weighted by atomic mass is 10.0. The highest BCUT2D eigenvalue weighted by atomic mass is 15.6. The molecule has 0 amide bonds. The topological polar surface area (TPSA) is 46.8 Å². The SMILES string of the molecule is Cc1ccc(CN(C)[C@H](c2ccccc2)c2nnnn2-c2ccccc2C)cc1. The molecule has 3 aromatic carbocycles. The van der Waals surface area contributed by atoms with Gasteiger partial charge in [0.1, 0.15) is 0 Å². The predicted octanol–water partition coefficient (Wildman–Crippen LogP) is 4.50. The highest BCUT2D eigenvalue weighted by Gasteiger charge is 2.26. The summed E-state index contributed by atoms with van der Waals surface area (Å²) < 4.78 is 1.86. The van der Waals surface area contributed by atoms with Crippen molar-refractivity contribution >= 4 is 0 Å². The molecular weight excluding hydrogens is 358 g/mol. The van der Waals surface area contributed by atoms with Crippen molar-refractivity contribution in [3.8, 4) is 5.69 Å². The molecule has 29 heavy (non-hydrogen) atoms. The van der Waals surface area contributed by atoms with E-state index in [1.54, 1.807) is 0 Å². The molecule has 0 spiro atoms. The molecule has 0 fully saturated rings. The maximum atomic E-state index is 4.45. The number of hydrogen-bond donors (Lipinski definition) is 0. The summed E-state index contributed by atoms with van der Waals surface area (Å²) in [6.07, 6.45) is 0. The Bertz CT molecular complexity index is 1070. The van der Waals surface area contributed by atoms with Crippen molar-refractivity contribution in [2.45, 2.75) is 26.4 Å². The molecule has 1 atom stereocenters. The molecule has 5 heteroatoms. The van der Waals surface area contributed by atoms with Gasteiger partial charge in [-0.1, -0.05) is 78.4 Å². The number of tetrazole rings is 1. The Labute approximate surface area is 171 Å². The van der Waals surface area contributed by atoms with E-state index in [9.17, 15) is 0 Å². The average molecular weight is 383 g/mol. The summed E-state index contributed by atoms with van der Waals surface area (Å²) in [4.78, 5) is 2.29. The third kappa shape index (κ3) is 4.10. The van der Waals surface area contributed by atoms with Gasteiger partial charge < -0.3 is 0 Å². The van der Waals surface area contributed by atoms with Crippen LogP contribution in [-0.2, 0) is 6.54 Å². The fourth-order valence-electron chi connectivity index (χ4n) is 3.65. The zero-order valence-electron chi connectivity index (χ0n) is 17.0. The Hall–Kier alpha value is -3.31. The van der Waals surface area contributed by atoms with Crippen molar-refractivity contribution in [2.75, 3.05) is 7.05 Å². The van der Waals surface area contributed by atoms with Gasteiger partial charge in [-0.2, -0.15) is 4.68 Å². The maximum Gasteiger partial charge on any atom is 0.178 e. The average Bonchev–Trinajstić information content (AvgIpc) is 3.20. The minimum Gasteiger partial charge on any atom is -0.288 e. The molecular formula is C24H25N5. The first-order chi connectivity index (χ1) is 14.1. The monoisotopic (exact) mass is 383 g/mol. The number of benzene rings is 3. The fourth-order valence-corrected chi connectivity index (χ4v) is 3.65. The molecule has 0 aliphatic heterocycles. The molecule has 0 N–H and O–H groups in total. The minimum atomic E-state index is -0.0768. The summed E-state index contributed by atoms with van der Waals surface area (Å²) in [6, 6.07) is 27.2. The van der Waals surface area contributed by atoms with Gasteiger partial charge in [-0.15, -0.1) is 5.10 Å². The Morgan fingerprint density at radius 1 is 0.862 bits per heavy atom. The predicted molar refractivity (Wildman–Crippen MR) is 115 cm³/mol. The van der Waals surface area contributed by atoms with E-state index in [0.717, 1.165) is 29.2 Å². The summed E-state index contributed by atoms with van der Waals surface area (Å²) in [6.45, 7) is 4.98. The number of para-hydroxylation sites is 1. The molecule has 4 aromatic rings. The summed E-state index contributed by atoms with van der Waals surface area (Å²) in [5.74, 6) is 0.806. The second-order valence-corrected chi connectivity index (χ2v) is 7.45. The summed E-state index contributed by atoms with van der Waals surface area (Å²) in [7, 11) is 2.12. The van der Waals surface area contributed by atoms with Crippen LogP contribution in [0.5, 0.6) is 0 Å². The quantitative estimate of drug-likeness (QED) is 0.492. The van der Waals surface area contributed by atoms with Crippen molar-refractivity contribution in [3.05, 3.63) is 107 Å². The normalized spacial score (nSPS) is 12.3.